The van der Waals surface area contributed by atoms with Gasteiger partial charge in [-0.25, -0.2) is 4.39 Å². The van der Waals surface area contributed by atoms with Gasteiger partial charge in [0.05, 0.1) is 6.04 Å². The molecule has 2 aromatic carbocycles. The SMILES string of the molecule is [CH2-]Oc1cc(C[C@H]2CSC(=O)N2c2cc(Cl)cc(Cl)c2)ccc1F.[Y]. The first-order valence-electron chi connectivity index (χ1n) is 7.10. The third kappa shape index (κ3) is 4.89. The quantitative estimate of drug-likeness (QED) is 0.542. The Bertz CT molecular complexity index is 773. The summed E-state index contributed by atoms with van der Waals surface area (Å²) in [5.74, 6) is 0.243. The van der Waals surface area contributed by atoms with E-state index in [0.29, 0.717) is 27.9 Å². The molecule has 1 saturated heterocycles. The molecule has 0 unspecified atom stereocenters. The molecule has 1 heterocycles. The molecule has 0 aliphatic carbocycles. The number of hydrogen-bond donors (Lipinski definition) is 0. The second-order valence-corrected chi connectivity index (χ2v) is 7.19. The summed E-state index contributed by atoms with van der Waals surface area (Å²) in [5.41, 5.74) is 1.51. The summed E-state index contributed by atoms with van der Waals surface area (Å²) in [5, 5.41) is 0.875. The van der Waals surface area contributed by atoms with Crippen LogP contribution in [0.1, 0.15) is 5.56 Å². The van der Waals surface area contributed by atoms with Gasteiger partial charge >= 0.3 is 0 Å². The molecule has 2 aromatic rings. The van der Waals surface area contributed by atoms with Gasteiger partial charge in [0.2, 0.25) is 0 Å². The second kappa shape index (κ2) is 9.05. The Balaban J connectivity index is 0.00000225. The summed E-state index contributed by atoms with van der Waals surface area (Å²) in [6, 6.07) is 9.56. The van der Waals surface area contributed by atoms with Gasteiger partial charge in [-0.2, -0.15) is 7.11 Å². The molecule has 0 saturated carbocycles. The zero-order valence-corrected chi connectivity index (χ0v) is 18.2. The van der Waals surface area contributed by atoms with Gasteiger partial charge < -0.3 is 4.74 Å². The summed E-state index contributed by atoms with van der Waals surface area (Å²) < 4.78 is 18.3. The van der Waals surface area contributed by atoms with Crippen molar-refractivity contribution < 1.29 is 46.6 Å². The van der Waals surface area contributed by atoms with E-state index in [9.17, 15) is 9.18 Å². The Morgan fingerprint density at radius 3 is 2.56 bits per heavy atom. The van der Waals surface area contributed by atoms with Crippen LogP contribution in [0.5, 0.6) is 5.75 Å². The van der Waals surface area contributed by atoms with Crippen LogP contribution < -0.4 is 9.64 Å². The van der Waals surface area contributed by atoms with Crippen LogP contribution in [-0.2, 0) is 39.1 Å². The largest absolute Gasteiger partial charge is 0.663 e. The van der Waals surface area contributed by atoms with Crippen LogP contribution in [-0.4, -0.2) is 17.0 Å². The first kappa shape index (κ1) is 21.0. The van der Waals surface area contributed by atoms with Gasteiger partial charge in [0.25, 0.3) is 5.24 Å². The minimum Gasteiger partial charge on any atom is -0.663 e. The van der Waals surface area contributed by atoms with Crippen molar-refractivity contribution in [2.45, 2.75) is 12.5 Å². The van der Waals surface area contributed by atoms with Gasteiger partial charge in [-0.05, 0) is 42.3 Å². The standard InChI is InChI=1S/C17H13Cl2FNO2S.Y/c1-23-16-5-10(2-3-15(16)20)4-14-9-24-17(22)21(14)13-7-11(18)6-12(19)8-13;/h2-3,5-8,14H,1,4,9H2;/q-1;/t14-;/m0./s1. The number of nitrogens with zero attached hydrogens (tertiary/aromatic N) is 1. The summed E-state index contributed by atoms with van der Waals surface area (Å²) in [6.07, 6.45) is 0.555. The van der Waals surface area contributed by atoms with Crippen molar-refractivity contribution in [1.29, 1.82) is 0 Å². The molecule has 1 fully saturated rings. The van der Waals surface area contributed by atoms with E-state index < -0.39 is 5.82 Å². The van der Waals surface area contributed by atoms with Gasteiger partial charge in [0.15, 0.2) is 5.82 Å². The third-order valence-electron chi connectivity index (χ3n) is 3.71. The predicted molar refractivity (Wildman–Crippen MR) is 96.7 cm³/mol. The minimum absolute atomic E-state index is 0. The van der Waals surface area contributed by atoms with Crippen molar-refractivity contribution in [3.05, 3.63) is 64.9 Å². The topological polar surface area (TPSA) is 29.5 Å². The van der Waals surface area contributed by atoms with Crippen LogP contribution in [0.3, 0.4) is 0 Å². The van der Waals surface area contributed by atoms with E-state index in [4.69, 9.17) is 27.9 Å². The Hall–Kier alpha value is -0.326. The van der Waals surface area contributed by atoms with Crippen LogP contribution in [0.2, 0.25) is 10.0 Å². The average Bonchev–Trinajstić information content (AvgIpc) is 2.89. The molecule has 3 nitrogen and oxygen atoms in total. The number of benzene rings is 2. The molecule has 129 valence electrons. The van der Waals surface area contributed by atoms with Crippen LogP contribution in [0.25, 0.3) is 0 Å². The fraction of sp³-hybridized carbons (Fsp3) is 0.176. The molecular formula is C17H13Cl2FNO2SY-. The summed E-state index contributed by atoms with van der Waals surface area (Å²) in [6.45, 7) is 0. The number of carbonyl (C=O) groups excluding carboxylic acids is 1. The van der Waals surface area contributed by atoms with E-state index in [-0.39, 0.29) is 49.7 Å². The maximum absolute atomic E-state index is 13.5. The molecule has 3 rings (SSSR count). The number of amides is 1. The first-order valence-corrected chi connectivity index (χ1v) is 8.84. The molecule has 0 N–H and O–H groups in total. The molecule has 0 aromatic heterocycles. The molecule has 1 radical (unpaired) electrons. The molecule has 0 bridgehead atoms. The number of thioether (sulfide) groups is 1. The summed E-state index contributed by atoms with van der Waals surface area (Å²) in [4.78, 5) is 14.0. The fourth-order valence-corrected chi connectivity index (χ4v) is 4.17. The van der Waals surface area contributed by atoms with E-state index in [1.54, 1.807) is 35.2 Å². The van der Waals surface area contributed by atoms with Crippen molar-refractivity contribution in [2.24, 2.45) is 0 Å². The van der Waals surface area contributed by atoms with E-state index in [1.165, 1.54) is 17.8 Å². The van der Waals surface area contributed by atoms with Crippen molar-refractivity contribution >= 4 is 45.9 Å². The van der Waals surface area contributed by atoms with E-state index in [1.807, 2.05) is 0 Å². The van der Waals surface area contributed by atoms with Gasteiger partial charge in [-0.1, -0.05) is 41.0 Å². The van der Waals surface area contributed by atoms with Crippen molar-refractivity contribution in [1.82, 2.24) is 0 Å². The molecule has 1 amide bonds. The Labute approximate surface area is 185 Å². The van der Waals surface area contributed by atoms with Crippen LogP contribution in [0.15, 0.2) is 36.4 Å². The monoisotopic (exact) mass is 473 g/mol. The molecule has 1 atom stereocenters. The third-order valence-corrected chi connectivity index (χ3v) is 5.14. The van der Waals surface area contributed by atoms with Crippen LogP contribution in [0, 0.1) is 12.9 Å². The van der Waals surface area contributed by atoms with Gasteiger partial charge in [-0.15, -0.1) is 0 Å². The van der Waals surface area contributed by atoms with Crippen molar-refractivity contribution in [3.8, 4) is 5.75 Å². The van der Waals surface area contributed by atoms with Crippen molar-refractivity contribution in [3.63, 3.8) is 0 Å². The van der Waals surface area contributed by atoms with Crippen LogP contribution in [0.4, 0.5) is 14.9 Å². The smallest absolute Gasteiger partial charge is 0.286 e. The molecule has 25 heavy (non-hydrogen) atoms. The normalized spacial score (nSPS) is 16.7. The summed E-state index contributed by atoms with van der Waals surface area (Å²) in [7, 11) is 3.25. The molecule has 1 aliphatic rings. The Morgan fingerprint density at radius 2 is 1.92 bits per heavy atom. The second-order valence-electron chi connectivity index (χ2n) is 5.34. The number of anilines is 1. The molecular weight excluding hydrogens is 461 g/mol. The zero-order valence-electron chi connectivity index (χ0n) is 13.0. The van der Waals surface area contributed by atoms with E-state index in [2.05, 4.69) is 7.11 Å². The summed E-state index contributed by atoms with van der Waals surface area (Å²) >= 11 is 13.3. The maximum atomic E-state index is 13.5. The molecule has 0 spiro atoms. The number of halogens is 3. The fourth-order valence-electron chi connectivity index (χ4n) is 2.66. The van der Waals surface area contributed by atoms with Crippen LogP contribution >= 0.6 is 35.0 Å². The van der Waals surface area contributed by atoms with Crippen molar-refractivity contribution in [2.75, 3.05) is 10.7 Å². The average molecular weight is 474 g/mol. The van der Waals surface area contributed by atoms with Gasteiger partial charge in [0.1, 0.15) is 5.75 Å². The molecule has 1 aliphatic heterocycles. The van der Waals surface area contributed by atoms with Gasteiger partial charge in [-0.3, -0.25) is 9.69 Å². The zero-order chi connectivity index (χ0) is 17.3. The molecule has 8 heteroatoms. The van der Waals surface area contributed by atoms with Gasteiger partial charge in [0, 0.05) is 54.2 Å². The number of hydrogen-bond acceptors (Lipinski definition) is 3. The first-order chi connectivity index (χ1) is 11.5. The van der Waals surface area contributed by atoms with E-state index >= 15 is 0 Å². The Kier molecular flexibility index (Phi) is 7.59. The maximum Gasteiger partial charge on any atom is 0.286 e. The number of ether oxygens (including phenoxy) is 1. The minimum atomic E-state index is -0.468. The van der Waals surface area contributed by atoms with E-state index in [0.717, 1.165) is 5.56 Å². The Morgan fingerprint density at radius 1 is 1.24 bits per heavy atom. The number of rotatable bonds is 4. The number of carbonyl (C=O) groups is 1. The predicted octanol–water partition coefficient (Wildman–Crippen LogP) is 5.58.